The van der Waals surface area contributed by atoms with E-state index < -0.39 is 11.7 Å². The number of nitrogens with one attached hydrogen (secondary N) is 1. The molecule has 0 bridgehead atoms. The van der Waals surface area contributed by atoms with Gasteiger partial charge < -0.3 is 15.1 Å². The fourth-order valence-corrected chi connectivity index (χ4v) is 5.16. The number of aromatic nitrogens is 1. The van der Waals surface area contributed by atoms with Crippen LogP contribution in [-0.2, 0) is 16.4 Å². The van der Waals surface area contributed by atoms with Crippen LogP contribution < -0.4 is 15.1 Å². The summed E-state index contributed by atoms with van der Waals surface area (Å²) in [6.45, 7) is 12.9. The van der Waals surface area contributed by atoms with E-state index >= 15 is 0 Å². The van der Waals surface area contributed by atoms with Crippen LogP contribution in [-0.4, -0.2) is 67.6 Å². The minimum atomic E-state index is -4.38. The maximum atomic E-state index is 12.8. The van der Waals surface area contributed by atoms with Crippen molar-refractivity contribution in [1.82, 2.24) is 15.2 Å². The summed E-state index contributed by atoms with van der Waals surface area (Å²) in [6, 6.07) is 11.5. The molecule has 39 heavy (non-hydrogen) atoms. The molecule has 9 heteroatoms. The molecule has 0 aliphatic carbocycles. The summed E-state index contributed by atoms with van der Waals surface area (Å²) < 4.78 is 38.3. The highest BCUT2D eigenvalue weighted by Crippen LogP contribution is 2.30. The fraction of sp³-hybridized carbons (Fsp3) is 0.600. The Bertz CT molecular complexity index is 1030. The molecule has 2 fully saturated rings. The van der Waals surface area contributed by atoms with Crippen LogP contribution in [0.15, 0.2) is 42.6 Å². The number of anilines is 2. The van der Waals surface area contributed by atoms with Crippen LogP contribution in [0.3, 0.4) is 0 Å². The lowest BCUT2D eigenvalue weighted by atomic mass is 9.87. The third kappa shape index (κ3) is 8.59. The van der Waals surface area contributed by atoms with E-state index in [4.69, 9.17) is 0 Å². The molecule has 2 aliphatic rings. The lowest BCUT2D eigenvalue weighted by molar-refractivity contribution is -0.137. The van der Waals surface area contributed by atoms with Crippen molar-refractivity contribution >= 4 is 17.4 Å². The molecule has 6 nitrogen and oxygen atoms in total. The molecule has 1 N–H and O–H groups in total. The number of amides is 1. The van der Waals surface area contributed by atoms with Crippen molar-refractivity contribution in [3.63, 3.8) is 0 Å². The van der Waals surface area contributed by atoms with Gasteiger partial charge in [-0.3, -0.25) is 9.69 Å². The zero-order chi connectivity index (χ0) is 27.3. The molecule has 2 aromatic rings. The monoisotopic (exact) mass is 547 g/mol. The van der Waals surface area contributed by atoms with Crippen molar-refractivity contribution in [2.45, 2.75) is 71.5 Å². The van der Waals surface area contributed by atoms with Gasteiger partial charge in [0.1, 0.15) is 5.82 Å². The van der Waals surface area contributed by atoms with Crippen LogP contribution in [0, 0.1) is 0 Å². The van der Waals surface area contributed by atoms with Crippen LogP contribution in [0.5, 0.6) is 0 Å². The highest BCUT2D eigenvalue weighted by Gasteiger charge is 2.31. The van der Waals surface area contributed by atoms with Crippen LogP contribution in [0.4, 0.5) is 24.7 Å². The molecule has 0 spiro atoms. The van der Waals surface area contributed by atoms with Gasteiger partial charge in [0.05, 0.1) is 5.56 Å². The molecule has 1 amide bonds. The van der Waals surface area contributed by atoms with E-state index in [9.17, 15) is 18.0 Å². The first-order chi connectivity index (χ1) is 18.0. The van der Waals surface area contributed by atoms with E-state index in [0.29, 0.717) is 25.3 Å². The summed E-state index contributed by atoms with van der Waals surface area (Å²) >= 11 is 0. The minimum Gasteiger partial charge on any atom is -0.369 e. The van der Waals surface area contributed by atoms with Crippen molar-refractivity contribution in [2.75, 3.05) is 55.6 Å². The van der Waals surface area contributed by atoms with Crippen molar-refractivity contribution in [3.8, 4) is 0 Å². The molecule has 216 valence electrons. The van der Waals surface area contributed by atoms with Gasteiger partial charge in [0.15, 0.2) is 0 Å². The van der Waals surface area contributed by atoms with Gasteiger partial charge in [0.25, 0.3) is 0 Å². The zero-order valence-electron chi connectivity index (χ0n) is 22.7. The Kier molecular flexibility index (Phi) is 10.3. The first kappa shape index (κ1) is 30.7. The molecular weight excluding hydrogens is 503 g/mol. The predicted molar refractivity (Wildman–Crippen MR) is 152 cm³/mol. The summed E-state index contributed by atoms with van der Waals surface area (Å²) in [7, 11) is 0. The van der Waals surface area contributed by atoms with Gasteiger partial charge in [-0.15, -0.1) is 0 Å². The van der Waals surface area contributed by atoms with Crippen molar-refractivity contribution in [3.05, 3.63) is 53.7 Å². The predicted octanol–water partition coefficient (Wildman–Crippen LogP) is 5.72. The number of halogens is 3. The number of hydrogen-bond acceptors (Lipinski definition) is 5. The van der Waals surface area contributed by atoms with Gasteiger partial charge in [-0.2, -0.15) is 13.2 Å². The number of piperidine rings is 1. The SMILES string of the molecule is C.CC(C)(C)c1ccc(N2CCN(CCCC(=O)NC3CCN(c4ccc(C(F)(F)F)cn4)CC3)CC2)cc1. The second-order valence-electron chi connectivity index (χ2n) is 11.5. The van der Waals surface area contributed by atoms with Gasteiger partial charge in [-0.25, -0.2) is 4.98 Å². The van der Waals surface area contributed by atoms with Crippen molar-refractivity contribution in [2.24, 2.45) is 0 Å². The molecule has 2 aliphatic heterocycles. The van der Waals surface area contributed by atoms with Crippen LogP contribution in [0.25, 0.3) is 0 Å². The summed E-state index contributed by atoms with van der Waals surface area (Å²) in [5.41, 5.74) is 2.04. The Morgan fingerprint density at radius 2 is 1.51 bits per heavy atom. The van der Waals surface area contributed by atoms with E-state index in [1.54, 1.807) is 0 Å². The largest absolute Gasteiger partial charge is 0.417 e. The Balaban J connectivity index is 0.00000420. The smallest absolute Gasteiger partial charge is 0.369 e. The normalized spacial score (nSPS) is 17.6. The Labute approximate surface area is 231 Å². The lowest BCUT2D eigenvalue weighted by Gasteiger charge is -2.36. The minimum absolute atomic E-state index is 0. The number of carbonyl (C=O) groups is 1. The van der Waals surface area contributed by atoms with E-state index in [0.717, 1.165) is 64.2 Å². The highest BCUT2D eigenvalue weighted by molar-refractivity contribution is 5.76. The fourth-order valence-electron chi connectivity index (χ4n) is 5.16. The number of pyridine rings is 1. The third-order valence-electron chi connectivity index (χ3n) is 7.61. The Morgan fingerprint density at radius 1 is 0.897 bits per heavy atom. The number of rotatable bonds is 7. The van der Waals surface area contributed by atoms with E-state index in [1.165, 1.54) is 17.3 Å². The first-order valence-electron chi connectivity index (χ1n) is 13.6. The number of carbonyl (C=O) groups excluding carboxylic acids is 1. The molecule has 0 atom stereocenters. The molecule has 3 heterocycles. The average molecular weight is 548 g/mol. The third-order valence-corrected chi connectivity index (χ3v) is 7.61. The van der Waals surface area contributed by atoms with Gasteiger partial charge in [0.2, 0.25) is 5.91 Å². The highest BCUT2D eigenvalue weighted by atomic mass is 19.4. The maximum absolute atomic E-state index is 12.8. The number of alkyl halides is 3. The molecule has 0 unspecified atom stereocenters. The summed E-state index contributed by atoms with van der Waals surface area (Å²) in [4.78, 5) is 23.3. The second kappa shape index (κ2) is 13.0. The molecule has 1 aromatic heterocycles. The van der Waals surface area contributed by atoms with Crippen molar-refractivity contribution < 1.29 is 18.0 Å². The van der Waals surface area contributed by atoms with E-state index in [2.05, 4.69) is 65.1 Å². The number of benzene rings is 1. The number of nitrogens with zero attached hydrogens (tertiary/aromatic N) is 4. The van der Waals surface area contributed by atoms with Gasteiger partial charge in [-0.05, 0) is 61.1 Å². The van der Waals surface area contributed by atoms with Crippen LogP contribution in [0.2, 0.25) is 0 Å². The van der Waals surface area contributed by atoms with Gasteiger partial charge >= 0.3 is 6.18 Å². The van der Waals surface area contributed by atoms with Crippen LogP contribution >= 0.6 is 0 Å². The summed E-state index contributed by atoms with van der Waals surface area (Å²) in [5.74, 6) is 0.624. The first-order valence-corrected chi connectivity index (χ1v) is 13.6. The van der Waals surface area contributed by atoms with E-state index in [-0.39, 0.29) is 24.8 Å². The number of hydrogen-bond donors (Lipinski definition) is 1. The molecular formula is C30H44F3N5O. The van der Waals surface area contributed by atoms with Gasteiger partial charge in [-0.1, -0.05) is 40.3 Å². The molecule has 4 rings (SSSR count). The maximum Gasteiger partial charge on any atom is 0.417 e. The summed E-state index contributed by atoms with van der Waals surface area (Å²) in [5, 5.41) is 3.14. The molecule has 1 aromatic carbocycles. The molecule has 2 saturated heterocycles. The zero-order valence-corrected chi connectivity index (χ0v) is 22.7. The lowest BCUT2D eigenvalue weighted by Crippen LogP contribution is -2.47. The summed E-state index contributed by atoms with van der Waals surface area (Å²) in [6.07, 6.45) is -0.640. The quantitative estimate of drug-likeness (QED) is 0.481. The Morgan fingerprint density at radius 3 is 2.05 bits per heavy atom. The van der Waals surface area contributed by atoms with Crippen molar-refractivity contribution in [1.29, 1.82) is 0 Å². The second-order valence-corrected chi connectivity index (χ2v) is 11.5. The van der Waals surface area contributed by atoms with Gasteiger partial charge in [0, 0.05) is 63.6 Å². The topological polar surface area (TPSA) is 51.7 Å². The number of piperazine rings is 1. The molecule has 0 radical (unpaired) electrons. The van der Waals surface area contributed by atoms with Crippen LogP contribution in [0.1, 0.15) is 65.0 Å². The average Bonchev–Trinajstić information content (AvgIpc) is 2.89. The van der Waals surface area contributed by atoms with E-state index in [1.807, 2.05) is 4.90 Å². The molecule has 0 saturated carbocycles. The standard InChI is InChI=1S/C29H40F3N5O.CH4/c1-28(2,3)22-6-9-25(10-7-22)36-19-17-35(18-20-36)14-4-5-27(38)34-24-12-15-37(16-13-24)26-11-8-23(21-33-26)29(30,31)32;/h6-11,21,24H,4-5,12-20H2,1-3H3,(H,34,38);1H4. The Hall–Kier alpha value is -2.81.